The Balaban J connectivity index is 1.70. The third-order valence-electron chi connectivity index (χ3n) is 5.27. The predicted molar refractivity (Wildman–Crippen MR) is 98.8 cm³/mol. The fraction of sp³-hybridized carbons (Fsp3) is 0.474. The Bertz CT molecular complexity index is 931. The number of aromatic nitrogens is 5. The number of fused-ring (bicyclic) bond motifs is 1. The molecule has 1 aliphatic heterocycles. The van der Waals surface area contributed by atoms with Gasteiger partial charge in [-0.15, -0.1) is 0 Å². The molecule has 0 radical (unpaired) electrons. The third kappa shape index (κ3) is 2.75. The first-order valence-corrected chi connectivity index (χ1v) is 8.82. The van der Waals surface area contributed by atoms with Gasteiger partial charge in [-0.2, -0.15) is 5.10 Å². The summed E-state index contributed by atoms with van der Waals surface area (Å²) in [6, 6.07) is 6.34. The van der Waals surface area contributed by atoms with Crippen molar-refractivity contribution in [3.63, 3.8) is 0 Å². The smallest absolute Gasteiger partial charge is 0.158 e. The lowest BCUT2D eigenvalue weighted by molar-refractivity contribution is 0.363. The molecule has 0 aliphatic carbocycles. The molecular formula is C19H24N6. The van der Waals surface area contributed by atoms with Crippen LogP contribution in [-0.4, -0.2) is 37.8 Å². The van der Waals surface area contributed by atoms with E-state index < -0.39 is 0 Å². The molecule has 6 nitrogen and oxygen atoms in total. The molecule has 4 rings (SSSR count). The van der Waals surface area contributed by atoms with Crippen LogP contribution in [0.5, 0.6) is 0 Å². The summed E-state index contributed by atoms with van der Waals surface area (Å²) >= 11 is 0. The lowest BCUT2D eigenvalue weighted by atomic mass is 9.78. The molecular weight excluding hydrogens is 312 g/mol. The molecule has 130 valence electrons. The molecule has 1 saturated heterocycles. The summed E-state index contributed by atoms with van der Waals surface area (Å²) in [4.78, 5) is 16.2. The zero-order valence-electron chi connectivity index (χ0n) is 15.3. The molecule has 0 N–H and O–H groups in total. The van der Waals surface area contributed by atoms with Crippen molar-refractivity contribution in [2.45, 2.75) is 39.0 Å². The summed E-state index contributed by atoms with van der Waals surface area (Å²) in [5.41, 5.74) is 3.14. The van der Waals surface area contributed by atoms with E-state index in [2.05, 4.69) is 39.0 Å². The maximum atomic E-state index is 4.98. The second-order valence-corrected chi connectivity index (χ2v) is 7.32. The highest BCUT2D eigenvalue weighted by molar-refractivity contribution is 5.78. The van der Waals surface area contributed by atoms with E-state index in [0.29, 0.717) is 0 Å². The van der Waals surface area contributed by atoms with Gasteiger partial charge >= 0.3 is 0 Å². The molecule has 0 spiro atoms. The van der Waals surface area contributed by atoms with Gasteiger partial charge in [-0.05, 0) is 44.9 Å². The van der Waals surface area contributed by atoms with Crippen molar-refractivity contribution in [2.24, 2.45) is 7.05 Å². The minimum Gasteiger partial charge on any atom is -0.356 e. The molecule has 25 heavy (non-hydrogen) atoms. The molecule has 3 aromatic rings. The number of aryl methyl sites for hydroxylation is 3. The number of hydrogen-bond donors (Lipinski definition) is 0. The van der Waals surface area contributed by atoms with Crippen molar-refractivity contribution in [1.82, 2.24) is 24.7 Å². The Morgan fingerprint density at radius 2 is 1.96 bits per heavy atom. The van der Waals surface area contributed by atoms with Crippen molar-refractivity contribution in [2.75, 3.05) is 18.0 Å². The van der Waals surface area contributed by atoms with Gasteiger partial charge in [-0.1, -0.05) is 6.92 Å². The second kappa shape index (κ2) is 5.79. The quantitative estimate of drug-likeness (QED) is 0.720. The fourth-order valence-corrected chi connectivity index (χ4v) is 3.90. The van der Waals surface area contributed by atoms with Gasteiger partial charge in [0.2, 0.25) is 0 Å². The van der Waals surface area contributed by atoms with Crippen LogP contribution in [0.2, 0.25) is 0 Å². The minimum atomic E-state index is 0.00344. The molecule has 3 aromatic heterocycles. The number of hydrogen-bond acceptors (Lipinski definition) is 5. The van der Waals surface area contributed by atoms with Crippen LogP contribution >= 0.6 is 0 Å². The highest BCUT2D eigenvalue weighted by Gasteiger charge is 2.35. The minimum absolute atomic E-state index is 0.00344. The van der Waals surface area contributed by atoms with Crippen molar-refractivity contribution < 1.29 is 0 Å². The zero-order valence-corrected chi connectivity index (χ0v) is 15.3. The van der Waals surface area contributed by atoms with E-state index in [9.17, 15) is 0 Å². The Hall–Kier alpha value is -2.50. The highest BCUT2D eigenvalue weighted by Crippen LogP contribution is 2.35. The van der Waals surface area contributed by atoms with Gasteiger partial charge in [0.25, 0.3) is 0 Å². The molecule has 0 amide bonds. The van der Waals surface area contributed by atoms with Gasteiger partial charge < -0.3 is 4.90 Å². The first-order chi connectivity index (χ1) is 12.0. The van der Waals surface area contributed by atoms with Crippen LogP contribution in [0.3, 0.4) is 0 Å². The monoisotopic (exact) mass is 336 g/mol. The van der Waals surface area contributed by atoms with Crippen LogP contribution < -0.4 is 4.90 Å². The molecule has 4 heterocycles. The Morgan fingerprint density at radius 3 is 2.76 bits per heavy atom. The summed E-state index contributed by atoms with van der Waals surface area (Å²) in [7, 11) is 1.96. The van der Waals surface area contributed by atoms with Gasteiger partial charge in [0.05, 0.1) is 11.4 Å². The first-order valence-electron chi connectivity index (χ1n) is 8.82. The van der Waals surface area contributed by atoms with Gasteiger partial charge in [0.15, 0.2) is 5.65 Å². The van der Waals surface area contributed by atoms with E-state index >= 15 is 0 Å². The van der Waals surface area contributed by atoms with E-state index in [-0.39, 0.29) is 5.41 Å². The van der Waals surface area contributed by atoms with Crippen molar-refractivity contribution in [1.29, 1.82) is 0 Å². The maximum Gasteiger partial charge on any atom is 0.158 e. The standard InChI is InChI=1S/C19H24N6/c1-13-15-6-7-16(22-18(15)24(4)23-13)19(3)9-5-11-25(12-19)17-8-10-20-14(2)21-17/h6-8,10H,5,9,11-12H2,1-4H3. The topological polar surface area (TPSA) is 59.7 Å². The van der Waals surface area contributed by atoms with E-state index in [4.69, 9.17) is 4.98 Å². The van der Waals surface area contributed by atoms with Crippen LogP contribution in [0.4, 0.5) is 5.82 Å². The fourth-order valence-electron chi connectivity index (χ4n) is 3.90. The Labute approximate surface area is 147 Å². The third-order valence-corrected chi connectivity index (χ3v) is 5.27. The highest BCUT2D eigenvalue weighted by atomic mass is 15.3. The summed E-state index contributed by atoms with van der Waals surface area (Å²) < 4.78 is 1.88. The van der Waals surface area contributed by atoms with Crippen molar-refractivity contribution >= 4 is 16.9 Å². The van der Waals surface area contributed by atoms with Crippen LogP contribution in [-0.2, 0) is 12.5 Å². The molecule has 1 unspecified atom stereocenters. The van der Waals surface area contributed by atoms with Crippen molar-refractivity contribution in [3.8, 4) is 0 Å². The predicted octanol–water partition coefficient (Wildman–Crippen LogP) is 2.93. The van der Waals surface area contributed by atoms with Crippen LogP contribution in [0, 0.1) is 13.8 Å². The number of nitrogens with zero attached hydrogens (tertiary/aromatic N) is 6. The van der Waals surface area contributed by atoms with E-state index in [1.54, 1.807) is 0 Å². The molecule has 6 heteroatoms. The summed E-state index contributed by atoms with van der Waals surface area (Å²) in [6.45, 7) is 8.22. The van der Waals surface area contributed by atoms with E-state index in [0.717, 1.165) is 60.0 Å². The number of anilines is 1. The van der Waals surface area contributed by atoms with Crippen molar-refractivity contribution in [3.05, 3.63) is 41.6 Å². The average Bonchev–Trinajstić information content (AvgIpc) is 2.89. The normalized spacial score (nSPS) is 21.0. The molecule has 0 saturated carbocycles. The Morgan fingerprint density at radius 1 is 1.12 bits per heavy atom. The lowest BCUT2D eigenvalue weighted by Gasteiger charge is -2.40. The average molecular weight is 336 g/mol. The molecule has 1 fully saturated rings. The van der Waals surface area contributed by atoms with Gasteiger partial charge in [0.1, 0.15) is 11.6 Å². The first kappa shape index (κ1) is 16.0. The lowest BCUT2D eigenvalue weighted by Crippen LogP contribution is -2.45. The second-order valence-electron chi connectivity index (χ2n) is 7.32. The SMILES string of the molecule is Cc1nccc(N2CCCC(C)(c3ccc4c(C)nn(C)c4n3)C2)n1. The Kier molecular flexibility index (Phi) is 3.71. The molecule has 0 bridgehead atoms. The van der Waals surface area contributed by atoms with Gasteiger partial charge in [0, 0.05) is 37.1 Å². The zero-order chi connectivity index (χ0) is 17.6. The van der Waals surface area contributed by atoms with E-state index in [1.807, 2.05) is 37.8 Å². The van der Waals surface area contributed by atoms with E-state index in [1.165, 1.54) is 0 Å². The largest absolute Gasteiger partial charge is 0.356 e. The maximum absolute atomic E-state index is 4.98. The summed E-state index contributed by atoms with van der Waals surface area (Å²) in [5, 5.41) is 5.63. The number of rotatable bonds is 2. The van der Waals surface area contributed by atoms with Crippen LogP contribution in [0.25, 0.3) is 11.0 Å². The van der Waals surface area contributed by atoms with Crippen LogP contribution in [0.15, 0.2) is 24.4 Å². The molecule has 0 aromatic carbocycles. The van der Waals surface area contributed by atoms with Crippen LogP contribution in [0.1, 0.15) is 37.0 Å². The van der Waals surface area contributed by atoms with Gasteiger partial charge in [-0.25, -0.2) is 15.0 Å². The summed E-state index contributed by atoms with van der Waals surface area (Å²) in [5.74, 6) is 1.82. The summed E-state index contributed by atoms with van der Waals surface area (Å²) in [6.07, 6.45) is 4.10. The molecule has 1 atom stereocenters. The number of pyridine rings is 1. The molecule has 1 aliphatic rings. The van der Waals surface area contributed by atoms with Gasteiger partial charge in [-0.3, -0.25) is 4.68 Å². The number of piperidine rings is 1.